The van der Waals surface area contributed by atoms with Gasteiger partial charge in [0, 0.05) is 21.9 Å². The van der Waals surface area contributed by atoms with Gasteiger partial charge in [0.15, 0.2) is 0 Å². The molecule has 0 fully saturated rings. The molecular formula is C25H19F3O4S. The fraction of sp³-hybridized carbons (Fsp3) is 0.160. The molecule has 2 heterocycles. The number of alkyl halides is 3. The molecule has 4 nitrogen and oxygen atoms in total. The number of furan rings is 1. The Kier molecular flexibility index (Phi) is 6.55. The first-order chi connectivity index (χ1) is 15.8. The number of benzene rings is 2. The molecule has 33 heavy (non-hydrogen) atoms. The molecule has 0 saturated heterocycles. The van der Waals surface area contributed by atoms with Crippen LogP contribution in [0.2, 0.25) is 0 Å². The number of hydrogen-bond acceptors (Lipinski definition) is 5. The van der Waals surface area contributed by atoms with Crippen molar-refractivity contribution >= 4 is 34.4 Å². The van der Waals surface area contributed by atoms with Crippen molar-refractivity contribution in [3.05, 3.63) is 82.3 Å². The van der Waals surface area contributed by atoms with Gasteiger partial charge in [-0.05, 0) is 48.9 Å². The second-order valence-corrected chi connectivity index (χ2v) is 8.18. The van der Waals surface area contributed by atoms with E-state index in [-0.39, 0.29) is 18.8 Å². The SMILES string of the molecule is CCOC(=O)/C=C/c1cc2cc(OCc3cc(-c4ccccc4)c(C(F)(F)F)s3)ccc2o1. The van der Waals surface area contributed by atoms with Crippen LogP contribution in [-0.4, -0.2) is 12.6 Å². The van der Waals surface area contributed by atoms with Crippen LogP contribution in [0.3, 0.4) is 0 Å². The average Bonchev–Trinajstić information content (AvgIpc) is 3.41. The standard InChI is InChI=1S/C25H19F3O4S/c1-2-30-23(29)11-9-19-13-17-12-18(8-10-22(17)32-19)31-15-20-14-21(16-6-4-3-5-7-16)24(33-20)25(26,27)28/h3-14H,2,15H2,1H3/b11-9+. The number of carbonyl (C=O) groups is 1. The van der Waals surface area contributed by atoms with Crippen LogP contribution >= 0.6 is 11.3 Å². The number of esters is 1. The normalized spacial score (nSPS) is 11.9. The topological polar surface area (TPSA) is 48.7 Å². The predicted molar refractivity (Wildman–Crippen MR) is 121 cm³/mol. The summed E-state index contributed by atoms with van der Waals surface area (Å²) in [5.74, 6) is 0.495. The number of rotatable bonds is 7. The van der Waals surface area contributed by atoms with Crippen molar-refractivity contribution in [2.24, 2.45) is 0 Å². The van der Waals surface area contributed by atoms with Crippen molar-refractivity contribution in [1.82, 2.24) is 0 Å². The van der Waals surface area contributed by atoms with Crippen LogP contribution in [0.4, 0.5) is 13.2 Å². The summed E-state index contributed by atoms with van der Waals surface area (Å²) < 4.78 is 56.9. The predicted octanol–water partition coefficient (Wildman–Crippen LogP) is 7.34. The Balaban J connectivity index is 1.51. The zero-order chi connectivity index (χ0) is 23.4. The Bertz CT molecular complexity index is 1290. The summed E-state index contributed by atoms with van der Waals surface area (Å²) in [6.07, 6.45) is -1.66. The van der Waals surface area contributed by atoms with E-state index in [2.05, 4.69) is 0 Å². The van der Waals surface area contributed by atoms with E-state index in [0.717, 1.165) is 5.39 Å². The zero-order valence-corrected chi connectivity index (χ0v) is 18.3. The van der Waals surface area contributed by atoms with Crippen molar-refractivity contribution in [3.63, 3.8) is 0 Å². The molecule has 0 aliphatic rings. The number of hydrogen-bond donors (Lipinski definition) is 0. The maximum atomic E-state index is 13.6. The van der Waals surface area contributed by atoms with Crippen LogP contribution in [-0.2, 0) is 22.3 Å². The second kappa shape index (κ2) is 9.54. The van der Waals surface area contributed by atoms with Gasteiger partial charge in [-0.3, -0.25) is 0 Å². The van der Waals surface area contributed by atoms with Crippen molar-refractivity contribution in [3.8, 4) is 16.9 Å². The Morgan fingerprint density at radius 1 is 1.09 bits per heavy atom. The first-order valence-electron chi connectivity index (χ1n) is 10.1. The van der Waals surface area contributed by atoms with E-state index in [1.807, 2.05) is 0 Å². The van der Waals surface area contributed by atoms with Gasteiger partial charge in [0.25, 0.3) is 0 Å². The molecule has 0 radical (unpaired) electrons. The van der Waals surface area contributed by atoms with Gasteiger partial charge in [0.1, 0.15) is 28.6 Å². The van der Waals surface area contributed by atoms with Gasteiger partial charge in [-0.25, -0.2) is 4.79 Å². The van der Waals surface area contributed by atoms with Gasteiger partial charge in [-0.2, -0.15) is 13.2 Å². The zero-order valence-electron chi connectivity index (χ0n) is 17.5. The molecule has 0 N–H and O–H groups in total. The van der Waals surface area contributed by atoms with Crippen LogP contribution in [0.1, 0.15) is 22.4 Å². The lowest BCUT2D eigenvalue weighted by atomic mass is 10.1. The highest BCUT2D eigenvalue weighted by Crippen LogP contribution is 2.43. The number of thiophene rings is 1. The molecule has 2 aromatic carbocycles. The molecule has 2 aromatic heterocycles. The van der Waals surface area contributed by atoms with Gasteiger partial charge in [0.05, 0.1) is 6.61 Å². The third-order valence-electron chi connectivity index (χ3n) is 4.68. The Labute approximate surface area is 191 Å². The molecule has 0 bridgehead atoms. The maximum Gasteiger partial charge on any atom is 0.426 e. The Hall–Kier alpha value is -3.52. The largest absolute Gasteiger partial charge is 0.488 e. The molecule has 170 valence electrons. The molecule has 0 atom stereocenters. The second-order valence-electron chi connectivity index (χ2n) is 7.04. The lowest BCUT2D eigenvalue weighted by Crippen LogP contribution is -2.03. The van der Waals surface area contributed by atoms with E-state index in [4.69, 9.17) is 13.9 Å². The molecule has 0 aliphatic carbocycles. The average molecular weight is 472 g/mol. The molecule has 4 aromatic rings. The van der Waals surface area contributed by atoms with E-state index in [0.29, 0.717) is 38.9 Å². The number of ether oxygens (including phenoxy) is 2. The van der Waals surface area contributed by atoms with Gasteiger partial charge >= 0.3 is 12.1 Å². The minimum absolute atomic E-state index is 0.000440. The first-order valence-corrected chi connectivity index (χ1v) is 10.9. The van der Waals surface area contributed by atoms with E-state index in [1.54, 1.807) is 61.5 Å². The molecule has 0 unspecified atom stereocenters. The molecular weight excluding hydrogens is 453 g/mol. The lowest BCUT2D eigenvalue weighted by Gasteiger charge is -2.07. The molecule has 0 amide bonds. The number of carbonyl (C=O) groups excluding carboxylic acids is 1. The van der Waals surface area contributed by atoms with Crippen LogP contribution < -0.4 is 4.74 Å². The first kappa shape index (κ1) is 22.7. The summed E-state index contributed by atoms with van der Waals surface area (Å²) in [4.78, 5) is 11.3. The fourth-order valence-electron chi connectivity index (χ4n) is 3.26. The summed E-state index contributed by atoms with van der Waals surface area (Å²) in [5, 5.41) is 0.739. The quantitative estimate of drug-likeness (QED) is 0.209. The van der Waals surface area contributed by atoms with Crippen molar-refractivity contribution in [1.29, 1.82) is 0 Å². The summed E-state index contributed by atoms with van der Waals surface area (Å²) in [7, 11) is 0. The Morgan fingerprint density at radius 2 is 1.88 bits per heavy atom. The molecule has 0 aliphatic heterocycles. The molecule has 0 spiro atoms. The van der Waals surface area contributed by atoms with Crippen molar-refractivity contribution in [2.45, 2.75) is 19.7 Å². The summed E-state index contributed by atoms with van der Waals surface area (Å²) in [6, 6.07) is 16.9. The summed E-state index contributed by atoms with van der Waals surface area (Å²) in [6.45, 7) is 2.00. The van der Waals surface area contributed by atoms with E-state index < -0.39 is 17.0 Å². The summed E-state index contributed by atoms with van der Waals surface area (Å²) >= 11 is 0.680. The van der Waals surface area contributed by atoms with Gasteiger partial charge in [-0.15, -0.1) is 11.3 Å². The molecule has 0 saturated carbocycles. The third kappa shape index (κ3) is 5.46. The van der Waals surface area contributed by atoms with Crippen LogP contribution in [0.25, 0.3) is 28.2 Å². The third-order valence-corrected chi connectivity index (χ3v) is 5.84. The monoisotopic (exact) mass is 472 g/mol. The number of fused-ring (bicyclic) bond motifs is 1. The fourth-order valence-corrected chi connectivity index (χ4v) is 4.22. The maximum absolute atomic E-state index is 13.6. The van der Waals surface area contributed by atoms with E-state index in [9.17, 15) is 18.0 Å². The number of halogens is 3. The van der Waals surface area contributed by atoms with Crippen molar-refractivity contribution < 1.29 is 31.9 Å². The lowest BCUT2D eigenvalue weighted by molar-refractivity contribution is -0.137. The van der Waals surface area contributed by atoms with E-state index in [1.165, 1.54) is 18.2 Å². The smallest absolute Gasteiger partial charge is 0.426 e. The summed E-state index contributed by atoms with van der Waals surface area (Å²) in [5.41, 5.74) is 1.25. The molecule has 8 heteroatoms. The van der Waals surface area contributed by atoms with Crippen LogP contribution in [0.5, 0.6) is 5.75 Å². The van der Waals surface area contributed by atoms with Crippen LogP contribution in [0, 0.1) is 0 Å². The van der Waals surface area contributed by atoms with Crippen LogP contribution in [0.15, 0.2) is 71.2 Å². The van der Waals surface area contributed by atoms with Gasteiger partial charge in [0.2, 0.25) is 0 Å². The Morgan fingerprint density at radius 3 is 2.61 bits per heavy atom. The highest BCUT2D eigenvalue weighted by atomic mass is 32.1. The van der Waals surface area contributed by atoms with Gasteiger partial charge in [-0.1, -0.05) is 30.3 Å². The van der Waals surface area contributed by atoms with Crippen molar-refractivity contribution in [2.75, 3.05) is 6.61 Å². The minimum atomic E-state index is -4.45. The molecule has 4 rings (SSSR count). The highest BCUT2D eigenvalue weighted by Gasteiger charge is 2.36. The minimum Gasteiger partial charge on any atom is -0.488 e. The highest BCUT2D eigenvalue weighted by molar-refractivity contribution is 7.12. The van der Waals surface area contributed by atoms with Gasteiger partial charge < -0.3 is 13.9 Å². The van der Waals surface area contributed by atoms with E-state index >= 15 is 0 Å².